The molecule has 0 radical (unpaired) electrons. The average molecular weight is 205 g/mol. The smallest absolute Gasteiger partial charge is 0.0653 e. The van der Waals surface area contributed by atoms with E-state index in [1.807, 2.05) is 6.92 Å². The lowest BCUT2D eigenvalue weighted by atomic mass is 9.93. The summed E-state index contributed by atoms with van der Waals surface area (Å²) < 4.78 is 0. The molecule has 82 valence electrons. The first-order chi connectivity index (χ1) is 7.07. The molecular weight excluding hydrogens is 186 g/mol. The van der Waals surface area contributed by atoms with Crippen molar-refractivity contribution < 1.29 is 5.11 Å². The van der Waals surface area contributed by atoms with Crippen molar-refractivity contribution in [3.8, 4) is 0 Å². The number of piperidine rings is 1. The standard InChI is InChI=1S/C13H19NO/c1-11-3-5-12(6-4-11)14-9-7-13(2,15)8-10-14/h3-6,15H,7-10H2,1-2H3. The van der Waals surface area contributed by atoms with Crippen LogP contribution < -0.4 is 4.90 Å². The van der Waals surface area contributed by atoms with Gasteiger partial charge in [0.05, 0.1) is 5.60 Å². The molecule has 1 heterocycles. The van der Waals surface area contributed by atoms with Crippen molar-refractivity contribution >= 4 is 5.69 Å². The minimum Gasteiger partial charge on any atom is -0.390 e. The molecule has 0 saturated carbocycles. The fourth-order valence-corrected chi connectivity index (χ4v) is 2.00. The Hall–Kier alpha value is -1.02. The van der Waals surface area contributed by atoms with Gasteiger partial charge in [0.1, 0.15) is 0 Å². The van der Waals surface area contributed by atoms with Gasteiger partial charge >= 0.3 is 0 Å². The summed E-state index contributed by atoms with van der Waals surface area (Å²) in [7, 11) is 0. The van der Waals surface area contributed by atoms with E-state index in [0.717, 1.165) is 25.9 Å². The molecule has 1 N–H and O–H groups in total. The van der Waals surface area contributed by atoms with Crippen molar-refractivity contribution in [1.82, 2.24) is 0 Å². The molecule has 1 aromatic carbocycles. The van der Waals surface area contributed by atoms with E-state index in [1.165, 1.54) is 11.3 Å². The molecule has 2 nitrogen and oxygen atoms in total. The van der Waals surface area contributed by atoms with Crippen molar-refractivity contribution in [3.05, 3.63) is 29.8 Å². The SMILES string of the molecule is Cc1ccc(N2CCC(C)(O)CC2)cc1. The van der Waals surface area contributed by atoms with Crippen LogP contribution in [0.15, 0.2) is 24.3 Å². The summed E-state index contributed by atoms with van der Waals surface area (Å²) in [5, 5.41) is 9.86. The molecule has 0 spiro atoms. The first-order valence-electron chi connectivity index (χ1n) is 5.61. The molecule has 0 unspecified atom stereocenters. The lowest BCUT2D eigenvalue weighted by molar-refractivity contribution is 0.0351. The molecule has 0 atom stereocenters. The molecule has 1 aliphatic rings. The van der Waals surface area contributed by atoms with Crippen LogP contribution in [-0.2, 0) is 0 Å². The molecule has 1 fully saturated rings. The molecular formula is C13H19NO. The lowest BCUT2D eigenvalue weighted by Crippen LogP contribution is -2.42. The number of hydrogen-bond acceptors (Lipinski definition) is 2. The van der Waals surface area contributed by atoms with Crippen LogP contribution in [0.1, 0.15) is 25.3 Å². The maximum atomic E-state index is 9.86. The van der Waals surface area contributed by atoms with Gasteiger partial charge in [-0.3, -0.25) is 0 Å². The minimum absolute atomic E-state index is 0.457. The zero-order valence-electron chi connectivity index (χ0n) is 9.53. The number of benzene rings is 1. The Morgan fingerprint density at radius 2 is 1.67 bits per heavy atom. The highest BCUT2D eigenvalue weighted by Gasteiger charge is 2.27. The number of nitrogens with zero attached hydrogens (tertiary/aromatic N) is 1. The molecule has 1 aromatic rings. The van der Waals surface area contributed by atoms with E-state index >= 15 is 0 Å². The Bertz CT molecular complexity index is 319. The number of aryl methyl sites for hydroxylation is 1. The monoisotopic (exact) mass is 205 g/mol. The van der Waals surface area contributed by atoms with Gasteiger partial charge in [-0.15, -0.1) is 0 Å². The second-order valence-electron chi connectivity index (χ2n) is 4.82. The summed E-state index contributed by atoms with van der Waals surface area (Å²) in [6.45, 7) is 5.94. The van der Waals surface area contributed by atoms with E-state index in [2.05, 4.69) is 36.1 Å². The highest BCUT2D eigenvalue weighted by molar-refractivity contribution is 5.47. The van der Waals surface area contributed by atoms with E-state index < -0.39 is 5.60 Å². The van der Waals surface area contributed by atoms with Crippen LogP contribution in [0, 0.1) is 6.92 Å². The third-order valence-electron chi connectivity index (χ3n) is 3.24. The lowest BCUT2D eigenvalue weighted by Gasteiger charge is -2.37. The van der Waals surface area contributed by atoms with Crippen molar-refractivity contribution in [1.29, 1.82) is 0 Å². The molecule has 15 heavy (non-hydrogen) atoms. The Morgan fingerprint density at radius 3 is 2.20 bits per heavy atom. The molecule has 2 rings (SSSR count). The van der Waals surface area contributed by atoms with Gasteiger partial charge in [0.15, 0.2) is 0 Å². The maximum absolute atomic E-state index is 9.86. The van der Waals surface area contributed by atoms with Crippen LogP contribution in [0.25, 0.3) is 0 Å². The van der Waals surface area contributed by atoms with Gasteiger partial charge < -0.3 is 10.0 Å². The molecule has 0 aromatic heterocycles. The van der Waals surface area contributed by atoms with Gasteiger partial charge in [-0.2, -0.15) is 0 Å². The van der Waals surface area contributed by atoms with Crippen molar-refractivity contribution in [3.63, 3.8) is 0 Å². The Morgan fingerprint density at radius 1 is 1.13 bits per heavy atom. The van der Waals surface area contributed by atoms with E-state index in [1.54, 1.807) is 0 Å². The van der Waals surface area contributed by atoms with Crippen molar-refractivity contribution in [2.45, 2.75) is 32.3 Å². The van der Waals surface area contributed by atoms with E-state index in [-0.39, 0.29) is 0 Å². The highest BCUT2D eigenvalue weighted by Crippen LogP contribution is 2.25. The first kappa shape index (κ1) is 10.5. The summed E-state index contributed by atoms with van der Waals surface area (Å²) in [5.41, 5.74) is 2.11. The zero-order valence-corrected chi connectivity index (χ0v) is 9.53. The minimum atomic E-state index is -0.457. The summed E-state index contributed by atoms with van der Waals surface area (Å²) in [4.78, 5) is 2.34. The molecule has 1 aliphatic heterocycles. The topological polar surface area (TPSA) is 23.5 Å². The van der Waals surface area contributed by atoms with Gasteiger partial charge in [-0.25, -0.2) is 0 Å². The second kappa shape index (κ2) is 3.86. The average Bonchev–Trinajstić information content (AvgIpc) is 2.20. The predicted octanol–water partition coefficient (Wildman–Crippen LogP) is 2.35. The number of hydrogen-bond donors (Lipinski definition) is 1. The van der Waals surface area contributed by atoms with Crippen LogP contribution in [0.5, 0.6) is 0 Å². The number of anilines is 1. The largest absolute Gasteiger partial charge is 0.390 e. The summed E-state index contributed by atoms with van der Waals surface area (Å²) >= 11 is 0. The van der Waals surface area contributed by atoms with E-state index in [0.29, 0.717) is 0 Å². The van der Waals surface area contributed by atoms with Gasteiger partial charge in [0.2, 0.25) is 0 Å². The highest BCUT2D eigenvalue weighted by atomic mass is 16.3. The van der Waals surface area contributed by atoms with Crippen LogP contribution >= 0.6 is 0 Å². The van der Waals surface area contributed by atoms with Gasteiger partial charge in [0, 0.05) is 18.8 Å². The van der Waals surface area contributed by atoms with E-state index in [4.69, 9.17) is 0 Å². The third kappa shape index (κ3) is 2.51. The summed E-state index contributed by atoms with van der Waals surface area (Å²) in [6, 6.07) is 8.61. The Labute approximate surface area is 91.5 Å². The molecule has 0 amide bonds. The van der Waals surface area contributed by atoms with Crippen molar-refractivity contribution in [2.24, 2.45) is 0 Å². The van der Waals surface area contributed by atoms with Gasteiger partial charge in [-0.1, -0.05) is 17.7 Å². The van der Waals surface area contributed by atoms with Crippen LogP contribution in [-0.4, -0.2) is 23.8 Å². The second-order valence-corrected chi connectivity index (χ2v) is 4.82. The Balaban J connectivity index is 2.04. The quantitative estimate of drug-likeness (QED) is 0.760. The van der Waals surface area contributed by atoms with Crippen LogP contribution in [0.3, 0.4) is 0 Å². The Kier molecular flexibility index (Phi) is 2.70. The normalized spacial score (nSPS) is 20.3. The number of rotatable bonds is 1. The predicted molar refractivity (Wildman–Crippen MR) is 63.2 cm³/mol. The van der Waals surface area contributed by atoms with E-state index in [9.17, 15) is 5.11 Å². The van der Waals surface area contributed by atoms with Crippen LogP contribution in [0.2, 0.25) is 0 Å². The van der Waals surface area contributed by atoms with Crippen molar-refractivity contribution in [2.75, 3.05) is 18.0 Å². The zero-order chi connectivity index (χ0) is 10.9. The molecule has 0 bridgehead atoms. The fourth-order valence-electron chi connectivity index (χ4n) is 2.00. The van der Waals surface area contributed by atoms with Gasteiger partial charge in [-0.05, 0) is 38.8 Å². The molecule has 0 aliphatic carbocycles. The molecule has 2 heteroatoms. The fraction of sp³-hybridized carbons (Fsp3) is 0.538. The summed E-state index contributed by atoms with van der Waals surface area (Å²) in [6.07, 6.45) is 1.72. The van der Waals surface area contributed by atoms with Crippen LogP contribution in [0.4, 0.5) is 5.69 Å². The summed E-state index contributed by atoms with van der Waals surface area (Å²) in [5.74, 6) is 0. The number of aliphatic hydroxyl groups is 1. The molecule has 1 saturated heterocycles. The van der Waals surface area contributed by atoms with Gasteiger partial charge in [0.25, 0.3) is 0 Å². The first-order valence-corrected chi connectivity index (χ1v) is 5.61. The third-order valence-corrected chi connectivity index (χ3v) is 3.24. The maximum Gasteiger partial charge on any atom is 0.0653 e.